The second-order valence-corrected chi connectivity index (χ2v) is 7.79. The van der Waals surface area contributed by atoms with Gasteiger partial charge >= 0.3 is 0 Å². The fourth-order valence-corrected chi connectivity index (χ4v) is 3.46. The number of amides is 1. The van der Waals surface area contributed by atoms with Crippen molar-refractivity contribution >= 4 is 52.2 Å². The molecule has 1 amide bonds. The van der Waals surface area contributed by atoms with Crippen molar-refractivity contribution in [2.75, 3.05) is 13.2 Å². The first-order chi connectivity index (χ1) is 14.8. The zero-order valence-electron chi connectivity index (χ0n) is 16.2. The van der Waals surface area contributed by atoms with Gasteiger partial charge < -0.3 is 20.1 Å². The number of H-pyrrole nitrogens is 1. The third kappa shape index (κ3) is 5.34. The maximum atomic E-state index is 12.5. The zero-order chi connectivity index (χ0) is 22.5. The molecular formula is C21H19Cl2N3O4S. The number of hydrogen-bond donors (Lipinski definition) is 3. The second kappa shape index (κ2) is 10.1. The Morgan fingerprint density at radius 2 is 2.13 bits per heavy atom. The van der Waals surface area contributed by atoms with Crippen LogP contribution in [0.25, 0.3) is 10.9 Å². The Morgan fingerprint density at radius 1 is 1.35 bits per heavy atom. The van der Waals surface area contributed by atoms with Crippen LogP contribution < -0.4 is 15.6 Å². The van der Waals surface area contributed by atoms with E-state index >= 15 is 0 Å². The van der Waals surface area contributed by atoms with Gasteiger partial charge in [0.25, 0.3) is 11.5 Å². The number of halogens is 2. The summed E-state index contributed by atoms with van der Waals surface area (Å²) in [5, 5.41) is 13.7. The highest BCUT2D eigenvalue weighted by molar-refractivity contribution is 7.71. The van der Waals surface area contributed by atoms with E-state index in [-0.39, 0.29) is 35.0 Å². The lowest BCUT2D eigenvalue weighted by atomic mass is 10.1. The number of aromatic nitrogens is 2. The fourth-order valence-electron chi connectivity index (χ4n) is 2.84. The number of hydrogen-bond acceptors (Lipinski definition) is 5. The second-order valence-electron chi connectivity index (χ2n) is 6.62. The van der Waals surface area contributed by atoms with Gasteiger partial charge in [-0.05, 0) is 42.5 Å². The van der Waals surface area contributed by atoms with E-state index in [0.717, 1.165) is 0 Å². The largest absolute Gasteiger partial charge is 0.489 e. The van der Waals surface area contributed by atoms with Crippen LogP contribution in [0.2, 0.25) is 10.0 Å². The zero-order valence-corrected chi connectivity index (χ0v) is 18.6. The minimum Gasteiger partial charge on any atom is -0.489 e. The number of fused-ring (bicyclic) bond motifs is 1. The molecule has 0 saturated heterocycles. The Bertz CT molecular complexity index is 1260. The number of allylic oxidation sites excluding steroid dienone is 1. The number of ether oxygens (including phenoxy) is 1. The van der Waals surface area contributed by atoms with Gasteiger partial charge in [0.05, 0.1) is 15.9 Å². The molecule has 31 heavy (non-hydrogen) atoms. The minimum atomic E-state index is -0.976. The van der Waals surface area contributed by atoms with Crippen molar-refractivity contribution in [1.82, 2.24) is 14.9 Å². The number of aliphatic hydroxyl groups excluding tert-OH is 1. The summed E-state index contributed by atoms with van der Waals surface area (Å²) in [4.78, 5) is 27.9. The molecule has 7 nitrogen and oxygen atoms in total. The molecular weight excluding hydrogens is 461 g/mol. The summed E-state index contributed by atoms with van der Waals surface area (Å²) in [5.74, 6) is -0.0808. The summed E-state index contributed by atoms with van der Waals surface area (Å²) in [6.07, 6.45) is 0.602. The molecule has 1 atom stereocenters. The smallest absolute Gasteiger partial charge is 0.262 e. The van der Waals surface area contributed by atoms with Crippen molar-refractivity contribution in [3.05, 3.63) is 79.8 Å². The molecule has 0 saturated carbocycles. The van der Waals surface area contributed by atoms with Crippen LogP contribution in [0.3, 0.4) is 0 Å². The van der Waals surface area contributed by atoms with E-state index in [0.29, 0.717) is 27.2 Å². The molecule has 10 heteroatoms. The molecule has 0 aliphatic rings. The molecule has 1 heterocycles. The van der Waals surface area contributed by atoms with E-state index in [2.05, 4.69) is 16.9 Å². The monoisotopic (exact) mass is 479 g/mol. The first-order valence-electron chi connectivity index (χ1n) is 9.22. The van der Waals surface area contributed by atoms with Crippen LogP contribution in [0, 0.1) is 4.77 Å². The van der Waals surface area contributed by atoms with Gasteiger partial charge in [0.2, 0.25) is 0 Å². The van der Waals surface area contributed by atoms with Crippen LogP contribution in [-0.2, 0) is 6.54 Å². The molecule has 3 rings (SSSR count). The first kappa shape index (κ1) is 23.0. The van der Waals surface area contributed by atoms with Crippen molar-refractivity contribution in [2.45, 2.75) is 12.6 Å². The van der Waals surface area contributed by atoms with Gasteiger partial charge in [-0.2, -0.15) is 0 Å². The van der Waals surface area contributed by atoms with Crippen LogP contribution in [-0.4, -0.2) is 39.8 Å². The van der Waals surface area contributed by atoms with E-state index in [4.69, 9.17) is 40.2 Å². The van der Waals surface area contributed by atoms with E-state index in [9.17, 15) is 14.7 Å². The Labute approximate surface area is 192 Å². The molecule has 0 radical (unpaired) electrons. The number of carbonyl (C=O) groups excluding carboxylic acids is 1. The summed E-state index contributed by atoms with van der Waals surface area (Å²) < 4.78 is 7.07. The lowest BCUT2D eigenvalue weighted by Gasteiger charge is -2.14. The van der Waals surface area contributed by atoms with Gasteiger partial charge in [-0.1, -0.05) is 35.3 Å². The summed E-state index contributed by atoms with van der Waals surface area (Å²) in [7, 11) is 0. The quantitative estimate of drug-likeness (QED) is 0.338. The molecule has 3 N–H and O–H groups in total. The molecule has 0 bridgehead atoms. The first-order valence-corrected chi connectivity index (χ1v) is 10.4. The van der Waals surface area contributed by atoms with Gasteiger partial charge in [-0.25, -0.2) is 0 Å². The van der Waals surface area contributed by atoms with Gasteiger partial charge in [-0.15, -0.1) is 6.58 Å². The van der Waals surface area contributed by atoms with Gasteiger partial charge in [0, 0.05) is 18.7 Å². The number of nitrogens with one attached hydrogen (secondary N) is 2. The van der Waals surface area contributed by atoms with Crippen LogP contribution in [0.5, 0.6) is 5.75 Å². The molecule has 0 aliphatic carbocycles. The third-order valence-electron chi connectivity index (χ3n) is 4.40. The molecule has 1 aromatic heterocycles. The SMILES string of the molecule is C=CCn1c(=S)[nH]c2cc(C(=O)NCC(O)COc3cccc(Cl)c3Cl)ccc2c1=O. The molecule has 0 fully saturated rings. The summed E-state index contributed by atoms with van der Waals surface area (Å²) in [5.41, 5.74) is 0.491. The third-order valence-corrected chi connectivity index (χ3v) is 5.53. The molecule has 1 unspecified atom stereocenters. The van der Waals surface area contributed by atoms with Crippen molar-refractivity contribution in [2.24, 2.45) is 0 Å². The normalized spacial score (nSPS) is 11.8. The van der Waals surface area contributed by atoms with E-state index in [1.54, 1.807) is 30.3 Å². The van der Waals surface area contributed by atoms with Crippen molar-refractivity contribution in [1.29, 1.82) is 0 Å². The summed E-state index contributed by atoms with van der Waals surface area (Å²) >= 11 is 17.2. The highest BCUT2D eigenvalue weighted by Crippen LogP contribution is 2.31. The van der Waals surface area contributed by atoms with Crippen molar-refractivity contribution < 1.29 is 14.6 Å². The maximum absolute atomic E-state index is 12.5. The number of aliphatic hydroxyl groups is 1. The molecule has 0 aliphatic heterocycles. The average Bonchev–Trinajstić information content (AvgIpc) is 2.75. The maximum Gasteiger partial charge on any atom is 0.262 e. The molecule has 162 valence electrons. The number of nitrogens with zero attached hydrogens (tertiary/aromatic N) is 1. The summed E-state index contributed by atoms with van der Waals surface area (Å²) in [6, 6.07) is 9.55. The Hall–Kier alpha value is -2.65. The standard InChI is InChI=1S/C21H19Cl2N3O4S/c1-2-8-26-20(29)14-7-6-12(9-16(14)25-21(26)31)19(28)24-10-13(27)11-30-17-5-3-4-15(22)18(17)23/h2-7,9,13,27H,1,8,10-11H2,(H,24,28)(H,25,31). The van der Waals surface area contributed by atoms with Crippen LogP contribution in [0.1, 0.15) is 10.4 Å². The summed E-state index contributed by atoms with van der Waals surface area (Å²) in [6.45, 7) is 3.76. The molecule has 3 aromatic rings. The van der Waals surface area contributed by atoms with E-state index in [1.807, 2.05) is 0 Å². The van der Waals surface area contributed by atoms with E-state index < -0.39 is 12.0 Å². The number of carbonyl (C=O) groups is 1. The molecule has 0 spiro atoms. The number of aromatic amines is 1. The average molecular weight is 480 g/mol. The highest BCUT2D eigenvalue weighted by atomic mass is 35.5. The van der Waals surface area contributed by atoms with Crippen LogP contribution in [0.15, 0.2) is 53.8 Å². The topological polar surface area (TPSA) is 96.3 Å². The predicted molar refractivity (Wildman–Crippen MR) is 124 cm³/mol. The number of benzene rings is 2. The van der Waals surface area contributed by atoms with Gasteiger partial charge in [0.1, 0.15) is 23.5 Å². The lowest BCUT2D eigenvalue weighted by Crippen LogP contribution is -2.35. The molecule has 2 aromatic carbocycles. The Balaban J connectivity index is 1.65. The van der Waals surface area contributed by atoms with Crippen molar-refractivity contribution in [3.63, 3.8) is 0 Å². The lowest BCUT2D eigenvalue weighted by molar-refractivity contribution is 0.0844. The highest BCUT2D eigenvalue weighted by Gasteiger charge is 2.13. The Morgan fingerprint density at radius 3 is 2.87 bits per heavy atom. The predicted octanol–water partition coefficient (Wildman–Crippen LogP) is 3.72. The van der Waals surface area contributed by atoms with Gasteiger partial charge in [0.15, 0.2) is 4.77 Å². The minimum absolute atomic E-state index is 0.0496. The van der Waals surface area contributed by atoms with Crippen LogP contribution in [0.4, 0.5) is 0 Å². The fraction of sp³-hybridized carbons (Fsp3) is 0.190. The van der Waals surface area contributed by atoms with Crippen LogP contribution >= 0.6 is 35.4 Å². The number of rotatable bonds is 8. The van der Waals surface area contributed by atoms with E-state index in [1.165, 1.54) is 16.7 Å². The van der Waals surface area contributed by atoms with Crippen molar-refractivity contribution in [3.8, 4) is 5.75 Å². The van der Waals surface area contributed by atoms with Gasteiger partial charge in [-0.3, -0.25) is 14.2 Å². The Kier molecular flexibility index (Phi) is 7.50.